The van der Waals surface area contributed by atoms with E-state index >= 15 is 0 Å². The molecule has 0 bridgehead atoms. The highest BCUT2D eigenvalue weighted by molar-refractivity contribution is 8.13. The Bertz CT molecular complexity index is 984. The smallest absolute Gasteiger partial charge is 0.411 e. The van der Waals surface area contributed by atoms with Gasteiger partial charge in [-0.2, -0.15) is 5.10 Å². The number of H-pyrrole nitrogens is 1. The van der Waals surface area contributed by atoms with E-state index in [1.165, 1.54) is 18.0 Å². The second kappa shape index (κ2) is 11.8. The lowest BCUT2D eigenvalue weighted by Crippen LogP contribution is -2.14. The molecule has 0 spiro atoms. The Morgan fingerprint density at radius 1 is 1.13 bits per heavy atom. The number of hydrogen-bond acceptors (Lipinski definition) is 7. The van der Waals surface area contributed by atoms with E-state index in [1.54, 1.807) is 39.0 Å². The maximum Gasteiger partial charge on any atom is 0.411 e. The number of aromatic nitrogens is 1. The Balaban J connectivity index is 2.12. The molecule has 0 radical (unpaired) electrons. The number of nitrogens with one attached hydrogen (secondary N) is 3. The minimum atomic E-state index is -0.510. The molecule has 9 nitrogen and oxygen atoms in total. The first-order valence-corrected chi connectivity index (χ1v) is 10.9. The van der Waals surface area contributed by atoms with Gasteiger partial charge in [0, 0.05) is 17.1 Å². The van der Waals surface area contributed by atoms with E-state index in [0.29, 0.717) is 41.0 Å². The van der Waals surface area contributed by atoms with Crippen molar-refractivity contribution in [3.8, 4) is 0 Å². The molecule has 1 aromatic heterocycles. The van der Waals surface area contributed by atoms with Gasteiger partial charge in [-0.15, -0.1) is 5.10 Å². The highest BCUT2D eigenvalue weighted by atomic mass is 32.2. The molecule has 0 unspecified atom stereocenters. The van der Waals surface area contributed by atoms with Gasteiger partial charge >= 0.3 is 12.1 Å². The van der Waals surface area contributed by atoms with E-state index in [-0.39, 0.29) is 5.97 Å². The summed E-state index contributed by atoms with van der Waals surface area (Å²) in [5.74, 6) is -0.377. The first kappa shape index (κ1) is 24.0. The van der Waals surface area contributed by atoms with Crippen molar-refractivity contribution in [3.63, 3.8) is 0 Å². The van der Waals surface area contributed by atoms with Crippen LogP contribution < -0.4 is 10.6 Å². The van der Waals surface area contributed by atoms with Crippen LogP contribution in [0.1, 0.15) is 41.2 Å². The van der Waals surface area contributed by atoms with Gasteiger partial charge in [0.15, 0.2) is 5.17 Å². The van der Waals surface area contributed by atoms with Crippen molar-refractivity contribution in [3.05, 3.63) is 46.8 Å². The fourth-order valence-corrected chi connectivity index (χ4v) is 2.91. The zero-order valence-electron chi connectivity index (χ0n) is 18.2. The standard InChI is InChI=1S/C21H27N5O4S/c1-6-29-19(27)17-10-16(23-14(17)4)12-22-26-20(31-5)25-18-11-15(9-8-13(18)3)24-21(28)30-7-2/h8-12,23H,6-7H2,1-5H3,(H,24,28)(H,25,26)/b22-12+. The Labute approximate surface area is 185 Å². The molecule has 0 aliphatic rings. The molecule has 10 heteroatoms. The van der Waals surface area contributed by atoms with Gasteiger partial charge in [0.25, 0.3) is 0 Å². The average molecular weight is 446 g/mol. The number of aromatic amines is 1. The van der Waals surface area contributed by atoms with Crippen LogP contribution in [-0.2, 0) is 9.47 Å². The van der Waals surface area contributed by atoms with Crippen molar-refractivity contribution in [2.24, 2.45) is 10.2 Å². The van der Waals surface area contributed by atoms with Crippen LogP contribution in [-0.4, -0.2) is 47.9 Å². The molecular formula is C21H27N5O4S. The summed E-state index contributed by atoms with van der Waals surface area (Å²) in [6.45, 7) is 7.85. The van der Waals surface area contributed by atoms with E-state index in [1.807, 2.05) is 19.2 Å². The van der Waals surface area contributed by atoms with Crippen LogP contribution in [0.4, 0.5) is 16.2 Å². The van der Waals surface area contributed by atoms with Crippen molar-refractivity contribution in [1.29, 1.82) is 0 Å². The summed E-state index contributed by atoms with van der Waals surface area (Å²) in [6.07, 6.45) is 2.89. The van der Waals surface area contributed by atoms with Gasteiger partial charge in [0.2, 0.25) is 0 Å². The zero-order valence-corrected chi connectivity index (χ0v) is 19.1. The maximum atomic E-state index is 11.9. The number of aryl methyl sites for hydroxylation is 2. The molecule has 0 atom stereocenters. The number of thioether (sulfide) groups is 1. The molecule has 1 aromatic carbocycles. The van der Waals surface area contributed by atoms with Crippen molar-refractivity contribution in [2.45, 2.75) is 27.7 Å². The molecular weight excluding hydrogens is 418 g/mol. The van der Waals surface area contributed by atoms with Gasteiger partial charge in [-0.25, -0.2) is 9.59 Å². The highest BCUT2D eigenvalue weighted by Gasteiger charge is 2.13. The Kier molecular flexibility index (Phi) is 9.13. The second-order valence-electron chi connectivity index (χ2n) is 6.34. The van der Waals surface area contributed by atoms with E-state index in [2.05, 4.69) is 25.8 Å². The minimum Gasteiger partial charge on any atom is -0.462 e. The predicted octanol–water partition coefficient (Wildman–Crippen LogP) is 4.54. The van der Waals surface area contributed by atoms with E-state index in [0.717, 1.165) is 11.3 Å². The van der Waals surface area contributed by atoms with Crippen LogP contribution in [0.2, 0.25) is 0 Å². The monoisotopic (exact) mass is 445 g/mol. The van der Waals surface area contributed by atoms with E-state index in [9.17, 15) is 9.59 Å². The normalized spacial score (nSPS) is 11.5. The molecule has 3 N–H and O–H groups in total. The zero-order chi connectivity index (χ0) is 22.8. The predicted molar refractivity (Wildman–Crippen MR) is 125 cm³/mol. The number of carbonyl (C=O) groups excluding carboxylic acids is 2. The summed E-state index contributed by atoms with van der Waals surface area (Å²) >= 11 is 1.39. The van der Waals surface area contributed by atoms with Crippen molar-refractivity contribution < 1.29 is 19.1 Å². The Hall–Kier alpha value is -3.27. The molecule has 0 saturated carbocycles. The number of ether oxygens (including phenoxy) is 2. The van der Waals surface area contributed by atoms with Gasteiger partial charge < -0.3 is 19.8 Å². The van der Waals surface area contributed by atoms with Gasteiger partial charge in [0.05, 0.1) is 30.7 Å². The van der Waals surface area contributed by atoms with Crippen molar-refractivity contribution in [2.75, 3.05) is 30.1 Å². The lowest BCUT2D eigenvalue weighted by Gasteiger charge is -2.12. The molecule has 1 heterocycles. The van der Waals surface area contributed by atoms with Crippen LogP contribution in [0.15, 0.2) is 34.5 Å². The number of nitrogens with zero attached hydrogens (tertiary/aromatic N) is 2. The van der Waals surface area contributed by atoms with Gasteiger partial charge in [-0.3, -0.25) is 5.32 Å². The van der Waals surface area contributed by atoms with Crippen molar-refractivity contribution >= 4 is 46.6 Å². The van der Waals surface area contributed by atoms with Crippen LogP contribution in [0.3, 0.4) is 0 Å². The summed E-state index contributed by atoms with van der Waals surface area (Å²) < 4.78 is 9.93. The third-order valence-electron chi connectivity index (χ3n) is 4.07. The van der Waals surface area contributed by atoms with Crippen LogP contribution >= 0.6 is 11.8 Å². The molecule has 2 rings (SSSR count). The lowest BCUT2D eigenvalue weighted by atomic mass is 10.2. The first-order valence-electron chi connectivity index (χ1n) is 9.71. The summed E-state index contributed by atoms with van der Waals surface area (Å²) in [5, 5.41) is 14.7. The third kappa shape index (κ3) is 7.18. The van der Waals surface area contributed by atoms with Gasteiger partial charge in [-0.05, 0) is 57.7 Å². The topological polar surface area (TPSA) is 117 Å². The van der Waals surface area contributed by atoms with Crippen LogP contribution in [0.5, 0.6) is 0 Å². The van der Waals surface area contributed by atoms with Crippen LogP contribution in [0.25, 0.3) is 0 Å². The first-order chi connectivity index (χ1) is 14.9. The molecule has 0 fully saturated rings. The second-order valence-corrected chi connectivity index (χ2v) is 7.13. The van der Waals surface area contributed by atoms with E-state index < -0.39 is 6.09 Å². The number of benzene rings is 1. The summed E-state index contributed by atoms with van der Waals surface area (Å²) in [7, 11) is 0. The largest absolute Gasteiger partial charge is 0.462 e. The summed E-state index contributed by atoms with van der Waals surface area (Å²) in [5.41, 5.74) is 4.16. The molecule has 0 saturated heterocycles. The quantitative estimate of drug-likeness (QED) is 0.249. The lowest BCUT2D eigenvalue weighted by molar-refractivity contribution is 0.0525. The molecule has 2 aromatic rings. The number of amidine groups is 1. The molecule has 1 amide bonds. The Morgan fingerprint density at radius 3 is 2.55 bits per heavy atom. The van der Waals surface area contributed by atoms with Crippen LogP contribution in [0, 0.1) is 13.8 Å². The number of carbonyl (C=O) groups is 2. The maximum absolute atomic E-state index is 11.9. The fourth-order valence-electron chi connectivity index (χ4n) is 2.57. The number of anilines is 2. The van der Waals surface area contributed by atoms with Gasteiger partial charge in [-0.1, -0.05) is 17.8 Å². The number of rotatable bonds is 7. The number of amides is 1. The molecule has 0 aliphatic heterocycles. The van der Waals surface area contributed by atoms with E-state index in [4.69, 9.17) is 9.47 Å². The Morgan fingerprint density at radius 2 is 1.87 bits per heavy atom. The van der Waals surface area contributed by atoms with Crippen molar-refractivity contribution in [1.82, 2.24) is 4.98 Å². The van der Waals surface area contributed by atoms with Gasteiger partial charge in [0.1, 0.15) is 0 Å². The molecule has 0 aliphatic carbocycles. The fraction of sp³-hybridized carbons (Fsp3) is 0.333. The third-order valence-corrected chi connectivity index (χ3v) is 4.64. The molecule has 31 heavy (non-hydrogen) atoms. The highest BCUT2D eigenvalue weighted by Crippen LogP contribution is 2.22. The minimum absolute atomic E-state index is 0.297. The number of hydrogen-bond donors (Lipinski definition) is 3. The summed E-state index contributed by atoms with van der Waals surface area (Å²) in [4.78, 5) is 26.6. The summed E-state index contributed by atoms with van der Waals surface area (Å²) in [6, 6.07) is 7.14. The average Bonchev–Trinajstić information content (AvgIpc) is 3.10. The number of esters is 1. The molecule has 166 valence electrons. The SMILES string of the molecule is CCOC(=O)Nc1ccc(C)c(N/C(=N/N=C/c2cc(C(=O)OCC)c(C)[nH]2)SC)c1.